The van der Waals surface area contributed by atoms with Gasteiger partial charge in [-0.2, -0.15) is 0 Å². The van der Waals surface area contributed by atoms with Crippen molar-refractivity contribution in [3.63, 3.8) is 0 Å². The van der Waals surface area contributed by atoms with Crippen molar-refractivity contribution in [2.45, 2.75) is 6.54 Å². The van der Waals surface area contributed by atoms with E-state index in [1.165, 1.54) is 4.68 Å². The van der Waals surface area contributed by atoms with E-state index in [9.17, 15) is 4.79 Å². The molecule has 0 atom stereocenters. The van der Waals surface area contributed by atoms with Gasteiger partial charge in [0.25, 0.3) is 5.56 Å². The molecule has 0 saturated carbocycles. The number of rotatable bonds is 4. The van der Waals surface area contributed by atoms with E-state index < -0.39 is 0 Å². The zero-order valence-corrected chi connectivity index (χ0v) is 10.8. The highest BCUT2D eigenvalue weighted by atomic mass is 16.5. The third kappa shape index (κ3) is 2.17. The molecule has 2 N–H and O–H groups in total. The zero-order valence-electron chi connectivity index (χ0n) is 10.8. The first-order chi connectivity index (χ1) is 8.67. The van der Waals surface area contributed by atoms with Gasteiger partial charge in [0, 0.05) is 19.2 Å². The Morgan fingerprint density at radius 3 is 2.89 bits per heavy atom. The van der Waals surface area contributed by atoms with Gasteiger partial charge in [0.05, 0.1) is 18.4 Å². The van der Waals surface area contributed by atoms with Gasteiger partial charge in [-0.1, -0.05) is 12.1 Å². The molecule has 0 amide bonds. The maximum absolute atomic E-state index is 12.0. The summed E-state index contributed by atoms with van der Waals surface area (Å²) in [5, 5.41) is 6.09. The van der Waals surface area contributed by atoms with Crippen molar-refractivity contribution in [2.75, 3.05) is 14.2 Å². The minimum atomic E-state index is -0.0119. The van der Waals surface area contributed by atoms with Crippen molar-refractivity contribution >= 4 is 0 Å². The molecule has 0 aliphatic heterocycles. The molecule has 5 heteroatoms. The summed E-state index contributed by atoms with van der Waals surface area (Å²) < 4.78 is 6.69. The summed E-state index contributed by atoms with van der Waals surface area (Å²) in [4.78, 5) is 12.0. The molecule has 0 fully saturated rings. The SMILES string of the molecule is CNCc1c(-c2cccc(OC)c2)[nH]n(C)c1=O. The second-order valence-corrected chi connectivity index (χ2v) is 4.09. The molecule has 18 heavy (non-hydrogen) atoms. The fourth-order valence-corrected chi connectivity index (χ4v) is 1.95. The summed E-state index contributed by atoms with van der Waals surface area (Å²) >= 11 is 0. The molecule has 2 rings (SSSR count). The van der Waals surface area contributed by atoms with Crippen molar-refractivity contribution in [2.24, 2.45) is 7.05 Å². The van der Waals surface area contributed by atoms with Gasteiger partial charge in [-0.05, 0) is 19.2 Å². The lowest BCUT2D eigenvalue weighted by Crippen LogP contribution is -2.19. The van der Waals surface area contributed by atoms with Gasteiger partial charge >= 0.3 is 0 Å². The molecule has 0 aliphatic rings. The van der Waals surface area contributed by atoms with Crippen LogP contribution >= 0.6 is 0 Å². The van der Waals surface area contributed by atoms with Crippen LogP contribution in [0.15, 0.2) is 29.1 Å². The Bertz CT molecular complexity index is 599. The summed E-state index contributed by atoms with van der Waals surface area (Å²) in [5.74, 6) is 0.771. The third-order valence-electron chi connectivity index (χ3n) is 2.86. The molecule has 1 aromatic heterocycles. The van der Waals surface area contributed by atoms with Crippen LogP contribution in [0.4, 0.5) is 0 Å². The largest absolute Gasteiger partial charge is 0.497 e. The molecule has 0 radical (unpaired) electrons. The van der Waals surface area contributed by atoms with Gasteiger partial charge in [-0.3, -0.25) is 14.6 Å². The van der Waals surface area contributed by atoms with Crippen molar-refractivity contribution in [1.82, 2.24) is 15.1 Å². The number of H-pyrrole nitrogens is 1. The van der Waals surface area contributed by atoms with Crippen LogP contribution in [0.1, 0.15) is 5.56 Å². The fourth-order valence-electron chi connectivity index (χ4n) is 1.95. The maximum atomic E-state index is 12.0. The quantitative estimate of drug-likeness (QED) is 0.851. The summed E-state index contributed by atoms with van der Waals surface area (Å²) in [7, 11) is 5.16. The lowest BCUT2D eigenvalue weighted by atomic mass is 10.1. The number of nitrogens with one attached hydrogen (secondary N) is 2. The van der Waals surface area contributed by atoms with Crippen molar-refractivity contribution < 1.29 is 4.74 Å². The molecule has 96 valence electrons. The molecule has 0 unspecified atom stereocenters. The topological polar surface area (TPSA) is 59.0 Å². The number of ether oxygens (including phenoxy) is 1. The van der Waals surface area contributed by atoms with Crippen LogP contribution in [0, 0.1) is 0 Å². The van der Waals surface area contributed by atoms with Gasteiger partial charge in [-0.15, -0.1) is 0 Å². The van der Waals surface area contributed by atoms with Crippen molar-refractivity contribution in [1.29, 1.82) is 0 Å². The molecule has 2 aromatic rings. The van der Waals surface area contributed by atoms with Crippen LogP contribution in [-0.2, 0) is 13.6 Å². The van der Waals surface area contributed by atoms with E-state index >= 15 is 0 Å². The molecule has 0 saturated heterocycles. The minimum absolute atomic E-state index is 0.0119. The average Bonchev–Trinajstić information content (AvgIpc) is 2.68. The van der Waals surface area contributed by atoms with Crippen LogP contribution in [0.3, 0.4) is 0 Å². The van der Waals surface area contributed by atoms with Gasteiger partial charge in [-0.25, -0.2) is 0 Å². The minimum Gasteiger partial charge on any atom is -0.497 e. The Morgan fingerprint density at radius 1 is 1.44 bits per heavy atom. The third-order valence-corrected chi connectivity index (χ3v) is 2.86. The molecule has 5 nitrogen and oxygen atoms in total. The van der Waals surface area contributed by atoms with Gasteiger partial charge in [0.1, 0.15) is 5.75 Å². The zero-order chi connectivity index (χ0) is 13.1. The van der Waals surface area contributed by atoms with E-state index in [-0.39, 0.29) is 5.56 Å². The Kier molecular flexibility index (Phi) is 3.53. The smallest absolute Gasteiger partial charge is 0.271 e. The van der Waals surface area contributed by atoms with Gasteiger partial charge in [0.2, 0.25) is 0 Å². The highest BCUT2D eigenvalue weighted by Crippen LogP contribution is 2.23. The number of aryl methyl sites for hydroxylation is 1. The van der Waals surface area contributed by atoms with E-state index in [1.54, 1.807) is 14.2 Å². The fraction of sp³-hybridized carbons (Fsp3) is 0.308. The molecule has 0 bridgehead atoms. The molecule has 0 aliphatic carbocycles. The highest BCUT2D eigenvalue weighted by Gasteiger charge is 2.13. The summed E-state index contributed by atoms with van der Waals surface area (Å²) in [6.45, 7) is 0.530. The maximum Gasteiger partial charge on any atom is 0.271 e. The van der Waals surface area contributed by atoms with Crippen molar-refractivity contribution in [3.05, 3.63) is 40.2 Å². The van der Waals surface area contributed by atoms with Gasteiger partial charge < -0.3 is 10.1 Å². The first kappa shape index (κ1) is 12.4. The van der Waals surface area contributed by atoms with E-state index in [0.29, 0.717) is 6.54 Å². The number of hydrogen-bond donors (Lipinski definition) is 2. The number of benzene rings is 1. The van der Waals surface area contributed by atoms with E-state index in [2.05, 4.69) is 10.4 Å². The highest BCUT2D eigenvalue weighted by molar-refractivity contribution is 5.64. The van der Waals surface area contributed by atoms with Crippen molar-refractivity contribution in [3.8, 4) is 17.0 Å². The lowest BCUT2D eigenvalue weighted by Gasteiger charge is -2.04. The second kappa shape index (κ2) is 5.10. The number of hydrogen-bond acceptors (Lipinski definition) is 3. The first-order valence-corrected chi connectivity index (χ1v) is 5.74. The van der Waals surface area contributed by atoms with Crippen LogP contribution in [0.25, 0.3) is 11.3 Å². The Morgan fingerprint density at radius 2 is 2.22 bits per heavy atom. The predicted molar refractivity (Wildman–Crippen MR) is 70.8 cm³/mol. The molecule has 1 heterocycles. The Labute approximate surface area is 105 Å². The summed E-state index contributed by atoms with van der Waals surface area (Å²) in [6.07, 6.45) is 0. The van der Waals surface area contributed by atoms with Crippen LogP contribution in [0.5, 0.6) is 5.75 Å². The number of aromatic nitrogens is 2. The average molecular weight is 247 g/mol. The predicted octanol–water partition coefficient (Wildman–Crippen LogP) is 1.11. The van der Waals surface area contributed by atoms with E-state index in [4.69, 9.17) is 4.74 Å². The standard InChI is InChI=1S/C13H17N3O2/c1-14-8-11-12(15-16(2)13(11)17)9-5-4-6-10(7-9)18-3/h4-7,14-15H,8H2,1-3H3. The first-order valence-electron chi connectivity index (χ1n) is 5.74. The normalized spacial score (nSPS) is 10.6. The lowest BCUT2D eigenvalue weighted by molar-refractivity contribution is 0.415. The van der Waals surface area contributed by atoms with Gasteiger partial charge in [0.15, 0.2) is 0 Å². The van der Waals surface area contributed by atoms with Crippen LogP contribution in [0.2, 0.25) is 0 Å². The number of nitrogens with zero attached hydrogens (tertiary/aromatic N) is 1. The van der Waals surface area contributed by atoms with Crippen LogP contribution in [-0.4, -0.2) is 23.9 Å². The Hall–Kier alpha value is -2.01. The summed E-state index contributed by atoms with van der Waals surface area (Å²) in [5.41, 5.74) is 2.49. The van der Waals surface area contributed by atoms with E-state index in [1.807, 2.05) is 31.3 Å². The molecule has 1 aromatic carbocycles. The number of aromatic amines is 1. The second-order valence-electron chi connectivity index (χ2n) is 4.09. The molecular formula is C13H17N3O2. The monoisotopic (exact) mass is 247 g/mol. The van der Waals surface area contributed by atoms with E-state index in [0.717, 1.165) is 22.6 Å². The molecular weight excluding hydrogens is 230 g/mol. The molecule has 0 spiro atoms. The summed E-state index contributed by atoms with van der Waals surface area (Å²) in [6, 6.07) is 7.64. The number of methoxy groups -OCH3 is 1. The Balaban J connectivity index is 2.55. The van der Waals surface area contributed by atoms with Crippen LogP contribution < -0.4 is 15.6 Å².